The SMILES string of the molecule is CO.CO.C[N+]1(CCCC[N+]2(C)CCCC2)CCCC1.[Br-].[Br-]. The molecule has 0 unspecified atom stereocenters. The Kier molecular flexibility index (Phi) is 19.3. The fourth-order valence-corrected chi connectivity index (χ4v) is 3.63. The molecule has 2 heterocycles. The summed E-state index contributed by atoms with van der Waals surface area (Å²) in [6.45, 7) is 8.61. The van der Waals surface area contributed by atoms with Gasteiger partial charge < -0.3 is 53.1 Å². The molecule has 2 fully saturated rings. The van der Waals surface area contributed by atoms with E-state index in [2.05, 4.69) is 14.1 Å². The number of hydrogen-bond donors (Lipinski definition) is 2. The van der Waals surface area contributed by atoms with E-state index in [4.69, 9.17) is 10.2 Å². The maximum atomic E-state index is 7.00. The molecule has 0 aliphatic carbocycles. The minimum absolute atomic E-state index is 0. The van der Waals surface area contributed by atoms with Crippen LogP contribution in [-0.4, -0.2) is 86.8 Å². The molecule has 0 amide bonds. The Bertz CT molecular complexity index is 208. The van der Waals surface area contributed by atoms with Crippen LogP contribution in [0.15, 0.2) is 0 Å². The Morgan fingerprint density at radius 2 is 0.818 bits per heavy atom. The highest BCUT2D eigenvalue weighted by atomic mass is 79.9. The first-order valence-corrected chi connectivity index (χ1v) is 8.19. The van der Waals surface area contributed by atoms with Crippen LogP contribution in [0.3, 0.4) is 0 Å². The maximum absolute atomic E-state index is 7.00. The molecule has 2 aliphatic heterocycles. The number of nitrogens with zero attached hydrogens (tertiary/aromatic N) is 2. The molecule has 138 valence electrons. The number of aliphatic hydroxyl groups is 2. The fourth-order valence-electron chi connectivity index (χ4n) is 3.63. The van der Waals surface area contributed by atoms with E-state index in [1.165, 1.54) is 86.8 Å². The third kappa shape index (κ3) is 10.6. The van der Waals surface area contributed by atoms with Crippen LogP contribution in [0, 0.1) is 0 Å². The fraction of sp³-hybridized carbons (Fsp3) is 1.00. The third-order valence-corrected chi connectivity index (χ3v) is 4.94. The molecule has 6 heteroatoms. The van der Waals surface area contributed by atoms with Crippen molar-refractivity contribution in [3.8, 4) is 0 Å². The van der Waals surface area contributed by atoms with Crippen LogP contribution < -0.4 is 34.0 Å². The molecule has 0 spiro atoms. The van der Waals surface area contributed by atoms with Crippen LogP contribution in [0.25, 0.3) is 0 Å². The minimum Gasteiger partial charge on any atom is -1.00 e. The summed E-state index contributed by atoms with van der Waals surface area (Å²) in [5.74, 6) is 0. The number of unbranched alkanes of at least 4 members (excludes halogenated alkanes) is 1. The first-order chi connectivity index (χ1) is 9.62. The highest BCUT2D eigenvalue weighted by molar-refractivity contribution is 4.55. The number of rotatable bonds is 5. The second-order valence-corrected chi connectivity index (χ2v) is 6.70. The minimum atomic E-state index is 0. The van der Waals surface area contributed by atoms with Gasteiger partial charge in [-0.1, -0.05) is 0 Å². The Morgan fingerprint density at radius 1 is 0.591 bits per heavy atom. The van der Waals surface area contributed by atoms with Crippen LogP contribution in [0.4, 0.5) is 0 Å². The van der Waals surface area contributed by atoms with Crippen molar-refractivity contribution in [3.63, 3.8) is 0 Å². The van der Waals surface area contributed by atoms with Gasteiger partial charge in [0.2, 0.25) is 0 Å². The van der Waals surface area contributed by atoms with Gasteiger partial charge >= 0.3 is 0 Å². The lowest BCUT2D eigenvalue weighted by molar-refractivity contribution is -0.904. The molecule has 2 saturated heterocycles. The molecular formula is C16H38Br2N2O2. The van der Waals surface area contributed by atoms with Gasteiger partial charge in [-0.3, -0.25) is 0 Å². The van der Waals surface area contributed by atoms with E-state index in [1.54, 1.807) is 0 Å². The maximum Gasteiger partial charge on any atom is 0.0786 e. The van der Waals surface area contributed by atoms with Crippen LogP contribution in [0.2, 0.25) is 0 Å². The average Bonchev–Trinajstić information content (AvgIpc) is 3.10. The van der Waals surface area contributed by atoms with E-state index < -0.39 is 0 Å². The number of halogens is 2. The van der Waals surface area contributed by atoms with Crippen molar-refractivity contribution in [1.29, 1.82) is 0 Å². The normalized spacial score (nSPS) is 20.5. The molecule has 4 nitrogen and oxygen atoms in total. The molecule has 0 saturated carbocycles. The quantitative estimate of drug-likeness (QED) is 0.328. The van der Waals surface area contributed by atoms with Crippen molar-refractivity contribution in [1.82, 2.24) is 0 Å². The van der Waals surface area contributed by atoms with Gasteiger partial charge in [-0.15, -0.1) is 0 Å². The van der Waals surface area contributed by atoms with Crippen molar-refractivity contribution in [2.24, 2.45) is 0 Å². The Hall–Kier alpha value is 0.800. The molecule has 2 rings (SSSR count). The molecule has 22 heavy (non-hydrogen) atoms. The van der Waals surface area contributed by atoms with Gasteiger partial charge in [0.15, 0.2) is 0 Å². The van der Waals surface area contributed by atoms with E-state index in [-0.39, 0.29) is 34.0 Å². The molecule has 0 aromatic heterocycles. The zero-order chi connectivity index (χ0) is 15.5. The number of hydrogen-bond acceptors (Lipinski definition) is 2. The topological polar surface area (TPSA) is 40.5 Å². The average molecular weight is 450 g/mol. The van der Waals surface area contributed by atoms with Gasteiger partial charge in [0.1, 0.15) is 0 Å². The summed E-state index contributed by atoms with van der Waals surface area (Å²) in [5.41, 5.74) is 0. The van der Waals surface area contributed by atoms with Crippen molar-refractivity contribution in [2.45, 2.75) is 38.5 Å². The summed E-state index contributed by atoms with van der Waals surface area (Å²) >= 11 is 0. The van der Waals surface area contributed by atoms with E-state index in [0.717, 1.165) is 14.2 Å². The van der Waals surface area contributed by atoms with Gasteiger partial charge in [-0.05, 0) is 0 Å². The highest BCUT2D eigenvalue weighted by Crippen LogP contribution is 2.20. The summed E-state index contributed by atoms with van der Waals surface area (Å²) in [4.78, 5) is 0. The third-order valence-electron chi connectivity index (χ3n) is 4.94. The standard InChI is InChI=1S/C14H30N2.2CH4O.2BrH/c1-15(9-3-4-10-15)13-7-8-14-16(2)11-5-6-12-16;2*1-2;;/h3-14H2,1-2H3;2*2H,1H3;2*1H/q+2;;;;/p-2. The Balaban J connectivity index is -0.000000557. The summed E-state index contributed by atoms with van der Waals surface area (Å²) in [5, 5.41) is 14.0. The molecule has 0 aromatic carbocycles. The first-order valence-electron chi connectivity index (χ1n) is 8.19. The predicted octanol–water partition coefficient (Wildman–Crippen LogP) is -4.53. The molecular weight excluding hydrogens is 412 g/mol. The lowest BCUT2D eigenvalue weighted by atomic mass is 10.2. The monoisotopic (exact) mass is 448 g/mol. The van der Waals surface area contributed by atoms with E-state index in [0.29, 0.717) is 0 Å². The largest absolute Gasteiger partial charge is 1.00 e. The van der Waals surface area contributed by atoms with E-state index in [9.17, 15) is 0 Å². The number of quaternary nitrogens is 2. The Labute approximate surface area is 159 Å². The zero-order valence-corrected chi connectivity index (χ0v) is 18.2. The molecule has 0 atom stereocenters. The molecule has 2 N–H and O–H groups in total. The molecule has 0 aromatic rings. The summed E-state index contributed by atoms with van der Waals surface area (Å²) in [7, 11) is 6.91. The highest BCUT2D eigenvalue weighted by Gasteiger charge is 2.28. The van der Waals surface area contributed by atoms with Crippen molar-refractivity contribution in [2.75, 3.05) is 67.6 Å². The second kappa shape index (κ2) is 15.3. The second-order valence-electron chi connectivity index (χ2n) is 6.70. The lowest BCUT2D eigenvalue weighted by Gasteiger charge is -2.31. The van der Waals surface area contributed by atoms with Gasteiger partial charge in [0.05, 0.1) is 53.4 Å². The van der Waals surface area contributed by atoms with Gasteiger partial charge in [0, 0.05) is 52.7 Å². The van der Waals surface area contributed by atoms with E-state index in [1.807, 2.05) is 0 Å². The summed E-state index contributed by atoms with van der Waals surface area (Å²) in [6.07, 6.45) is 8.75. The van der Waals surface area contributed by atoms with Gasteiger partial charge in [-0.2, -0.15) is 0 Å². The number of aliphatic hydroxyl groups excluding tert-OH is 2. The zero-order valence-electron chi connectivity index (χ0n) is 15.0. The van der Waals surface area contributed by atoms with Crippen molar-refractivity contribution >= 4 is 0 Å². The lowest BCUT2D eigenvalue weighted by Crippen LogP contribution is -3.00. The van der Waals surface area contributed by atoms with Gasteiger partial charge in [0.25, 0.3) is 0 Å². The molecule has 2 aliphatic rings. The van der Waals surface area contributed by atoms with Crippen LogP contribution in [-0.2, 0) is 0 Å². The van der Waals surface area contributed by atoms with Crippen molar-refractivity contribution < 1.29 is 53.1 Å². The summed E-state index contributed by atoms with van der Waals surface area (Å²) < 4.78 is 2.73. The number of likely N-dealkylation sites (tertiary alicyclic amines) is 2. The van der Waals surface area contributed by atoms with Gasteiger partial charge in [-0.25, -0.2) is 0 Å². The summed E-state index contributed by atoms with van der Waals surface area (Å²) in [6, 6.07) is 0. The van der Waals surface area contributed by atoms with Crippen LogP contribution >= 0.6 is 0 Å². The molecule has 0 bridgehead atoms. The molecule has 0 radical (unpaired) electrons. The van der Waals surface area contributed by atoms with Crippen LogP contribution in [0.1, 0.15) is 38.5 Å². The predicted molar refractivity (Wildman–Crippen MR) is 85.6 cm³/mol. The van der Waals surface area contributed by atoms with Crippen molar-refractivity contribution in [3.05, 3.63) is 0 Å². The smallest absolute Gasteiger partial charge is 0.0786 e. The van der Waals surface area contributed by atoms with E-state index >= 15 is 0 Å². The first kappa shape index (κ1) is 27.6. The van der Waals surface area contributed by atoms with Crippen LogP contribution in [0.5, 0.6) is 0 Å². The Morgan fingerprint density at radius 3 is 1.05 bits per heavy atom.